The molecule has 0 aromatic carbocycles. The first-order valence-corrected chi connectivity index (χ1v) is 5.71. The number of hydrogen-bond acceptors (Lipinski definition) is 10. The van der Waals surface area contributed by atoms with E-state index in [-0.39, 0.29) is 0 Å². The molecule has 0 radical (unpaired) electrons. The summed E-state index contributed by atoms with van der Waals surface area (Å²) in [4.78, 5) is 11.4. The number of carbonyl (C=O) groups excluding carboxylic acids is 1. The third kappa shape index (κ3) is 5.75. The fourth-order valence-corrected chi connectivity index (χ4v) is 1.17. The van der Waals surface area contributed by atoms with Gasteiger partial charge in [0, 0.05) is 0 Å². The Balaban J connectivity index is 4.44. The molecule has 0 spiro atoms. The van der Waals surface area contributed by atoms with Crippen molar-refractivity contribution in [3.05, 3.63) is 0 Å². The number of ketones is 1. The van der Waals surface area contributed by atoms with Crippen molar-refractivity contribution in [3.8, 4) is 0 Å². The molecule has 120 valence electrons. The predicted molar refractivity (Wildman–Crippen MR) is 61.2 cm³/mol. The lowest BCUT2D eigenvalue weighted by molar-refractivity contribution is -0.182. The van der Waals surface area contributed by atoms with Crippen molar-refractivity contribution >= 4 is 5.78 Å². The van der Waals surface area contributed by atoms with Crippen molar-refractivity contribution in [2.45, 2.75) is 36.8 Å². The second-order valence-electron chi connectivity index (χ2n) is 4.10. The number of ether oxygens (including phenoxy) is 1. The van der Waals surface area contributed by atoms with Crippen LogP contribution in [0.4, 0.5) is 0 Å². The molecule has 10 nitrogen and oxygen atoms in total. The van der Waals surface area contributed by atoms with Crippen LogP contribution in [0.2, 0.25) is 0 Å². The number of hydrogen-bond donors (Lipinski definition) is 8. The molecule has 2 unspecified atom stereocenters. The fourth-order valence-electron chi connectivity index (χ4n) is 1.17. The van der Waals surface area contributed by atoms with Crippen molar-refractivity contribution in [1.29, 1.82) is 0 Å². The Morgan fingerprint density at radius 1 is 0.900 bits per heavy atom. The van der Waals surface area contributed by atoms with Gasteiger partial charge in [-0.05, 0) is 0 Å². The first kappa shape index (κ1) is 19.3. The monoisotopic (exact) mass is 300 g/mol. The quantitative estimate of drug-likeness (QED) is 0.181. The lowest BCUT2D eigenvalue weighted by Crippen LogP contribution is -2.51. The Bertz CT molecular complexity index is 285. The lowest BCUT2D eigenvalue weighted by Gasteiger charge is -2.26. The molecule has 8 N–H and O–H groups in total. The van der Waals surface area contributed by atoms with Gasteiger partial charge in [0.2, 0.25) is 12.1 Å². The van der Waals surface area contributed by atoms with Gasteiger partial charge in [-0.15, -0.1) is 0 Å². The number of rotatable bonds is 10. The third-order valence-corrected chi connectivity index (χ3v) is 2.45. The Morgan fingerprint density at radius 2 is 1.45 bits per heavy atom. The second kappa shape index (κ2) is 9.28. The van der Waals surface area contributed by atoms with E-state index < -0.39 is 62.4 Å². The Labute approximate surface area is 114 Å². The van der Waals surface area contributed by atoms with Crippen LogP contribution in [0.25, 0.3) is 0 Å². The van der Waals surface area contributed by atoms with Gasteiger partial charge in [0.1, 0.15) is 30.5 Å². The van der Waals surface area contributed by atoms with E-state index in [2.05, 4.69) is 4.74 Å². The minimum atomic E-state index is -2.28. The molecular weight excluding hydrogens is 280 g/mol. The zero-order valence-electron chi connectivity index (χ0n) is 10.5. The summed E-state index contributed by atoms with van der Waals surface area (Å²) in [5.74, 6) is -1.42. The highest BCUT2D eigenvalue weighted by atomic mass is 16.6. The standard InChI is InChI=1S/C10H20O10/c11-1-4(13)3-20-10(19)9(18)8(17)7(16)6(15)5(14)2-12/h4-8,10-17,19H,1-3H2/t4?,5-,6-,7+,8-,10?/m1/s1. The molecule has 0 fully saturated rings. The van der Waals surface area contributed by atoms with Crippen LogP contribution in [0.15, 0.2) is 0 Å². The van der Waals surface area contributed by atoms with Crippen LogP contribution in [-0.2, 0) is 9.53 Å². The first-order chi connectivity index (χ1) is 9.26. The van der Waals surface area contributed by atoms with Gasteiger partial charge in [-0.2, -0.15) is 0 Å². The molecule has 0 amide bonds. The van der Waals surface area contributed by atoms with Gasteiger partial charge in [0.15, 0.2) is 0 Å². The minimum absolute atomic E-state index is 0.603. The molecule has 20 heavy (non-hydrogen) atoms. The minimum Gasteiger partial charge on any atom is -0.394 e. The molecule has 0 saturated carbocycles. The summed E-state index contributed by atoms with van der Waals surface area (Å²) in [7, 11) is 0. The highest BCUT2D eigenvalue weighted by Crippen LogP contribution is 2.08. The molecule has 0 rings (SSSR count). The summed E-state index contributed by atoms with van der Waals surface area (Å²) in [6, 6.07) is 0. The van der Waals surface area contributed by atoms with Gasteiger partial charge in [0.05, 0.1) is 19.8 Å². The average Bonchev–Trinajstić information content (AvgIpc) is 2.47. The molecular formula is C10H20O10. The van der Waals surface area contributed by atoms with Gasteiger partial charge in [0.25, 0.3) is 0 Å². The van der Waals surface area contributed by atoms with Crippen LogP contribution in [-0.4, -0.2) is 103 Å². The summed E-state index contributed by atoms with van der Waals surface area (Å²) in [5, 5.41) is 72.3. The van der Waals surface area contributed by atoms with Crippen LogP contribution in [0.3, 0.4) is 0 Å². The van der Waals surface area contributed by atoms with Crippen molar-refractivity contribution in [1.82, 2.24) is 0 Å². The number of aliphatic hydroxyl groups excluding tert-OH is 8. The summed E-state index contributed by atoms with van der Waals surface area (Å²) in [5.41, 5.74) is 0. The topological polar surface area (TPSA) is 188 Å². The van der Waals surface area contributed by atoms with Crippen LogP contribution in [0, 0.1) is 0 Å². The van der Waals surface area contributed by atoms with E-state index in [9.17, 15) is 25.2 Å². The van der Waals surface area contributed by atoms with E-state index in [1.807, 2.05) is 0 Å². The van der Waals surface area contributed by atoms with Gasteiger partial charge in [-0.25, -0.2) is 0 Å². The summed E-state index contributed by atoms with van der Waals surface area (Å²) in [6.45, 7) is -2.19. The number of Topliss-reactive ketones (excluding diaryl/α,β-unsaturated/α-hetero) is 1. The first-order valence-electron chi connectivity index (χ1n) is 5.71. The van der Waals surface area contributed by atoms with Crippen LogP contribution >= 0.6 is 0 Å². The second-order valence-corrected chi connectivity index (χ2v) is 4.10. The van der Waals surface area contributed by atoms with Gasteiger partial charge in [-0.1, -0.05) is 0 Å². The third-order valence-electron chi connectivity index (χ3n) is 2.45. The van der Waals surface area contributed by atoms with E-state index in [1.54, 1.807) is 0 Å². The van der Waals surface area contributed by atoms with E-state index in [0.717, 1.165) is 0 Å². The van der Waals surface area contributed by atoms with Crippen LogP contribution in [0.1, 0.15) is 0 Å². The molecule has 0 heterocycles. The molecule has 0 aromatic heterocycles. The summed E-state index contributed by atoms with van der Waals surface area (Å²) >= 11 is 0. The number of aliphatic hydroxyl groups is 8. The highest BCUT2D eigenvalue weighted by molar-refractivity contribution is 5.86. The fraction of sp³-hybridized carbons (Fsp3) is 0.900. The van der Waals surface area contributed by atoms with E-state index in [0.29, 0.717) is 0 Å². The van der Waals surface area contributed by atoms with Gasteiger partial charge >= 0.3 is 0 Å². The predicted octanol–water partition coefficient (Wildman–Crippen LogP) is -5.32. The average molecular weight is 300 g/mol. The summed E-state index contributed by atoms with van der Waals surface area (Å²) < 4.78 is 4.43. The van der Waals surface area contributed by atoms with Crippen molar-refractivity contribution in [3.63, 3.8) is 0 Å². The summed E-state index contributed by atoms with van der Waals surface area (Å²) in [6.07, 6.45) is -11.8. The number of carbonyl (C=O) groups is 1. The van der Waals surface area contributed by atoms with Crippen molar-refractivity contribution in [2.75, 3.05) is 19.8 Å². The van der Waals surface area contributed by atoms with Crippen LogP contribution in [0.5, 0.6) is 0 Å². The molecule has 0 saturated heterocycles. The lowest BCUT2D eigenvalue weighted by atomic mass is 10.0. The van der Waals surface area contributed by atoms with Gasteiger partial charge in [-0.3, -0.25) is 4.79 Å². The molecule has 10 heteroatoms. The Kier molecular flexibility index (Phi) is 8.96. The SMILES string of the molecule is O=C(C(O)OCC(O)CO)[C@H](O)[C@@H](O)[C@H](O)[C@H](O)CO. The van der Waals surface area contributed by atoms with Crippen LogP contribution < -0.4 is 0 Å². The smallest absolute Gasteiger partial charge is 0.219 e. The molecule has 0 aliphatic rings. The largest absolute Gasteiger partial charge is 0.394 e. The zero-order chi connectivity index (χ0) is 15.9. The van der Waals surface area contributed by atoms with E-state index in [1.165, 1.54) is 0 Å². The van der Waals surface area contributed by atoms with Crippen molar-refractivity contribution in [2.24, 2.45) is 0 Å². The molecule has 6 atom stereocenters. The normalized spacial score (nSPS) is 20.8. The van der Waals surface area contributed by atoms with E-state index >= 15 is 0 Å². The van der Waals surface area contributed by atoms with Crippen molar-refractivity contribution < 1.29 is 50.4 Å². The maximum Gasteiger partial charge on any atom is 0.219 e. The maximum absolute atomic E-state index is 11.4. The van der Waals surface area contributed by atoms with E-state index in [4.69, 9.17) is 20.4 Å². The highest BCUT2D eigenvalue weighted by Gasteiger charge is 2.37. The molecule has 0 aromatic rings. The Morgan fingerprint density at radius 3 is 1.90 bits per heavy atom. The van der Waals surface area contributed by atoms with Gasteiger partial charge < -0.3 is 45.6 Å². The zero-order valence-corrected chi connectivity index (χ0v) is 10.5. The molecule has 0 aliphatic carbocycles. The molecule has 0 bridgehead atoms. The molecule has 0 aliphatic heterocycles. The Hall–Kier alpha value is -0.690. The maximum atomic E-state index is 11.4.